The molecule has 0 saturated carbocycles. The Morgan fingerprint density at radius 1 is 1.35 bits per heavy atom. The van der Waals surface area contributed by atoms with Gasteiger partial charge >= 0.3 is 0 Å². The van der Waals surface area contributed by atoms with Crippen molar-refractivity contribution in [3.05, 3.63) is 0 Å². The summed E-state index contributed by atoms with van der Waals surface area (Å²) in [5.41, 5.74) is 5.69. The third-order valence-corrected chi connectivity index (χ3v) is 3.57. The molecule has 2 fully saturated rings. The normalized spacial score (nSPS) is 29.9. The quantitative estimate of drug-likeness (QED) is 0.707. The first kappa shape index (κ1) is 12.5. The van der Waals surface area contributed by atoms with Crippen LogP contribution in [0.5, 0.6) is 0 Å². The number of morpholine rings is 1. The second kappa shape index (κ2) is 5.14. The number of imide groups is 1. The van der Waals surface area contributed by atoms with Crippen LogP contribution in [0.15, 0.2) is 0 Å². The Kier molecular flexibility index (Phi) is 3.79. The number of amides is 2. The number of hydrogen-bond acceptors (Lipinski definition) is 4. The molecule has 0 aromatic heterocycles. The van der Waals surface area contributed by atoms with Gasteiger partial charge in [-0.15, -0.1) is 0 Å². The van der Waals surface area contributed by atoms with E-state index in [2.05, 4.69) is 6.92 Å². The molecule has 2 heterocycles. The lowest BCUT2D eigenvalue weighted by atomic mass is 10.1. The van der Waals surface area contributed by atoms with Gasteiger partial charge in [-0.05, 0) is 19.3 Å². The third kappa shape index (κ3) is 2.21. The van der Waals surface area contributed by atoms with E-state index in [1.54, 1.807) is 0 Å². The molecule has 2 aliphatic heterocycles. The van der Waals surface area contributed by atoms with Crippen LogP contribution in [0.25, 0.3) is 0 Å². The van der Waals surface area contributed by atoms with Crippen molar-refractivity contribution >= 4 is 11.8 Å². The summed E-state index contributed by atoms with van der Waals surface area (Å²) in [4.78, 5) is 25.5. The summed E-state index contributed by atoms with van der Waals surface area (Å²) in [6.07, 6.45) is 3.32. The van der Waals surface area contributed by atoms with Gasteiger partial charge in [-0.1, -0.05) is 19.8 Å². The Morgan fingerprint density at radius 3 is 2.41 bits per heavy atom. The highest BCUT2D eigenvalue weighted by Gasteiger charge is 2.48. The van der Waals surface area contributed by atoms with Gasteiger partial charge in [0.15, 0.2) is 0 Å². The zero-order valence-corrected chi connectivity index (χ0v) is 10.2. The van der Waals surface area contributed by atoms with Crippen molar-refractivity contribution in [1.82, 2.24) is 4.90 Å². The van der Waals surface area contributed by atoms with Crippen molar-refractivity contribution in [2.75, 3.05) is 6.54 Å². The van der Waals surface area contributed by atoms with E-state index in [4.69, 9.17) is 10.5 Å². The molecule has 2 aliphatic rings. The first-order chi connectivity index (χ1) is 8.19. The van der Waals surface area contributed by atoms with Gasteiger partial charge in [0.25, 0.3) is 11.8 Å². The van der Waals surface area contributed by atoms with Crippen molar-refractivity contribution in [2.45, 2.75) is 57.3 Å². The Hall–Kier alpha value is -0.940. The number of carbonyl (C=O) groups excluding carboxylic acids is 2. The van der Waals surface area contributed by atoms with E-state index in [-0.39, 0.29) is 17.9 Å². The minimum Gasteiger partial charge on any atom is -0.355 e. The average Bonchev–Trinajstić information content (AvgIpc) is 2.78. The molecule has 5 heteroatoms. The van der Waals surface area contributed by atoms with Gasteiger partial charge in [-0.3, -0.25) is 14.5 Å². The molecule has 2 rings (SSSR count). The lowest BCUT2D eigenvalue weighted by Crippen LogP contribution is -2.57. The number of unbranched alkanes of at least 4 members (excludes halogenated alkanes) is 1. The van der Waals surface area contributed by atoms with Crippen LogP contribution < -0.4 is 5.73 Å². The fraction of sp³-hybridized carbons (Fsp3) is 0.833. The van der Waals surface area contributed by atoms with Crippen molar-refractivity contribution in [2.24, 2.45) is 5.73 Å². The molecular weight excluding hydrogens is 220 g/mol. The van der Waals surface area contributed by atoms with Crippen LogP contribution in [0, 0.1) is 0 Å². The van der Waals surface area contributed by atoms with Crippen LogP contribution in [0.3, 0.4) is 0 Å². The Morgan fingerprint density at radius 2 is 1.94 bits per heavy atom. The SMILES string of the molecule is CCCCC(CN)N1C(=O)C2CCC(O2)C1=O. The summed E-state index contributed by atoms with van der Waals surface area (Å²) in [7, 11) is 0. The van der Waals surface area contributed by atoms with Gasteiger partial charge < -0.3 is 10.5 Å². The minimum atomic E-state index is -0.409. The Bertz CT molecular complexity index is 297. The van der Waals surface area contributed by atoms with E-state index in [1.807, 2.05) is 0 Å². The molecule has 0 radical (unpaired) electrons. The highest BCUT2D eigenvalue weighted by atomic mass is 16.5. The molecule has 17 heavy (non-hydrogen) atoms. The Balaban J connectivity index is 2.11. The molecule has 2 amide bonds. The van der Waals surface area contributed by atoms with Gasteiger partial charge in [0, 0.05) is 6.54 Å². The monoisotopic (exact) mass is 240 g/mol. The lowest BCUT2D eigenvalue weighted by molar-refractivity contribution is -0.171. The van der Waals surface area contributed by atoms with Gasteiger partial charge in [0.1, 0.15) is 12.2 Å². The van der Waals surface area contributed by atoms with E-state index >= 15 is 0 Å². The first-order valence-corrected chi connectivity index (χ1v) is 6.41. The maximum Gasteiger partial charge on any atom is 0.258 e. The fourth-order valence-electron chi connectivity index (χ4n) is 2.57. The van der Waals surface area contributed by atoms with Crippen molar-refractivity contribution in [3.63, 3.8) is 0 Å². The number of rotatable bonds is 5. The average molecular weight is 240 g/mol. The maximum atomic E-state index is 12.1. The minimum absolute atomic E-state index is 0.151. The van der Waals surface area contributed by atoms with Gasteiger partial charge in [0.2, 0.25) is 0 Å². The van der Waals surface area contributed by atoms with E-state index in [0.29, 0.717) is 19.4 Å². The van der Waals surface area contributed by atoms with E-state index in [9.17, 15) is 9.59 Å². The van der Waals surface area contributed by atoms with Gasteiger partial charge in [-0.25, -0.2) is 0 Å². The number of nitrogens with two attached hydrogens (primary N) is 1. The zero-order chi connectivity index (χ0) is 12.4. The third-order valence-electron chi connectivity index (χ3n) is 3.57. The Labute approximate surface area is 101 Å². The number of likely N-dealkylation sites (tertiary alicyclic amines) is 1. The van der Waals surface area contributed by atoms with E-state index in [1.165, 1.54) is 4.90 Å². The van der Waals surface area contributed by atoms with Crippen LogP contribution >= 0.6 is 0 Å². The molecule has 2 saturated heterocycles. The number of nitrogens with zero attached hydrogens (tertiary/aromatic N) is 1. The molecule has 2 N–H and O–H groups in total. The number of hydrogen-bond donors (Lipinski definition) is 1. The molecule has 0 aromatic rings. The topological polar surface area (TPSA) is 72.6 Å². The van der Waals surface area contributed by atoms with Crippen molar-refractivity contribution < 1.29 is 14.3 Å². The zero-order valence-electron chi connectivity index (χ0n) is 10.2. The van der Waals surface area contributed by atoms with Crippen LogP contribution in [0.2, 0.25) is 0 Å². The van der Waals surface area contributed by atoms with Crippen LogP contribution in [0.1, 0.15) is 39.0 Å². The molecule has 5 nitrogen and oxygen atoms in total. The summed E-state index contributed by atoms with van der Waals surface area (Å²) >= 11 is 0. The summed E-state index contributed by atoms with van der Waals surface area (Å²) < 4.78 is 5.37. The molecule has 0 spiro atoms. The maximum absolute atomic E-state index is 12.1. The highest BCUT2D eigenvalue weighted by Crippen LogP contribution is 2.30. The molecule has 0 aromatic carbocycles. The van der Waals surface area contributed by atoms with Crippen molar-refractivity contribution in [3.8, 4) is 0 Å². The second-order valence-electron chi connectivity index (χ2n) is 4.77. The number of fused-ring (bicyclic) bond motifs is 2. The predicted molar refractivity (Wildman–Crippen MR) is 62.1 cm³/mol. The predicted octanol–water partition coefficient (Wildman–Crippen LogP) is 0.420. The molecule has 2 bridgehead atoms. The van der Waals surface area contributed by atoms with Crippen LogP contribution in [0.4, 0.5) is 0 Å². The van der Waals surface area contributed by atoms with Gasteiger partial charge in [-0.2, -0.15) is 0 Å². The summed E-state index contributed by atoms with van der Waals surface area (Å²) in [6, 6.07) is -0.151. The molecular formula is C12H20N2O3. The van der Waals surface area contributed by atoms with E-state index < -0.39 is 12.2 Å². The molecule has 3 unspecified atom stereocenters. The van der Waals surface area contributed by atoms with Crippen LogP contribution in [-0.2, 0) is 14.3 Å². The number of carbonyl (C=O) groups is 2. The summed E-state index contributed by atoms with van der Waals surface area (Å²) in [5, 5.41) is 0. The highest BCUT2D eigenvalue weighted by molar-refractivity contribution is 6.02. The first-order valence-electron chi connectivity index (χ1n) is 6.41. The summed E-state index contributed by atoms with van der Waals surface area (Å²) in [5.74, 6) is -0.370. The smallest absolute Gasteiger partial charge is 0.258 e. The van der Waals surface area contributed by atoms with Crippen LogP contribution in [-0.4, -0.2) is 41.5 Å². The second-order valence-corrected chi connectivity index (χ2v) is 4.77. The standard InChI is InChI=1S/C12H20N2O3/c1-2-3-4-8(7-13)14-11(15)9-5-6-10(17-9)12(14)16/h8-10H,2-7,13H2,1H3. The molecule has 0 aliphatic carbocycles. The van der Waals surface area contributed by atoms with Crippen molar-refractivity contribution in [1.29, 1.82) is 0 Å². The lowest BCUT2D eigenvalue weighted by Gasteiger charge is -2.35. The fourth-order valence-corrected chi connectivity index (χ4v) is 2.57. The summed E-state index contributed by atoms with van der Waals surface area (Å²) in [6.45, 7) is 2.43. The number of ether oxygens (including phenoxy) is 1. The molecule has 3 atom stereocenters. The van der Waals surface area contributed by atoms with E-state index in [0.717, 1.165) is 19.3 Å². The largest absolute Gasteiger partial charge is 0.355 e. The molecule has 96 valence electrons. The van der Waals surface area contributed by atoms with Gasteiger partial charge in [0.05, 0.1) is 6.04 Å².